The summed E-state index contributed by atoms with van der Waals surface area (Å²) in [5.41, 5.74) is 0.462. The summed E-state index contributed by atoms with van der Waals surface area (Å²) < 4.78 is 13.3. The summed E-state index contributed by atoms with van der Waals surface area (Å²) >= 11 is 6.41. The van der Waals surface area contributed by atoms with E-state index >= 15 is 0 Å². The molecule has 0 aliphatic carbocycles. The largest absolute Gasteiger partial charge is 0.350 e. The Hall–Kier alpha value is -0.420. The van der Waals surface area contributed by atoms with E-state index in [2.05, 4.69) is 37.2 Å². The molecule has 1 aromatic rings. The zero-order valence-corrected chi connectivity index (χ0v) is 12.6. The molecule has 0 saturated heterocycles. The third-order valence-corrected chi connectivity index (χ3v) is 3.50. The van der Waals surface area contributed by atoms with Gasteiger partial charge in [-0.15, -0.1) is 0 Å². The van der Waals surface area contributed by atoms with Crippen LogP contribution in [0.25, 0.3) is 0 Å². The summed E-state index contributed by atoms with van der Waals surface area (Å²) in [6, 6.07) is 4.36. The molecular weight excluding hydrogens is 353 g/mol. The van der Waals surface area contributed by atoms with Crippen molar-refractivity contribution in [3.63, 3.8) is 0 Å². The van der Waals surface area contributed by atoms with Gasteiger partial charge in [0.05, 0.1) is 4.47 Å². The highest BCUT2D eigenvalue weighted by Crippen LogP contribution is 2.17. The molecule has 0 aromatic heterocycles. The molecular formula is C12H14Br2FNO. The number of hydrogen-bond acceptors (Lipinski definition) is 1. The van der Waals surface area contributed by atoms with Crippen LogP contribution < -0.4 is 5.32 Å². The minimum atomic E-state index is -0.367. The second kappa shape index (κ2) is 7.11. The van der Waals surface area contributed by atoms with Gasteiger partial charge in [0.15, 0.2) is 0 Å². The number of carbonyl (C=O) groups excluding carboxylic acids is 1. The van der Waals surface area contributed by atoms with Crippen LogP contribution in [0.3, 0.4) is 0 Å². The number of carbonyl (C=O) groups is 1. The number of benzene rings is 1. The second-order valence-electron chi connectivity index (χ2n) is 3.83. The molecule has 1 N–H and O–H groups in total. The van der Waals surface area contributed by atoms with Gasteiger partial charge >= 0.3 is 0 Å². The van der Waals surface area contributed by atoms with Gasteiger partial charge in [0.1, 0.15) is 5.82 Å². The zero-order valence-electron chi connectivity index (χ0n) is 9.47. The van der Waals surface area contributed by atoms with Crippen LogP contribution in [0.5, 0.6) is 0 Å². The highest BCUT2D eigenvalue weighted by Gasteiger charge is 2.11. The third kappa shape index (κ3) is 4.76. The standard InChI is InChI=1S/C12H14Br2FNO/c1-8(3-2-6-13)16-12(17)9-4-5-11(15)10(14)7-9/h4-5,7-8H,2-3,6H2,1H3,(H,16,17). The fourth-order valence-corrected chi connectivity index (χ4v) is 2.10. The summed E-state index contributed by atoms with van der Waals surface area (Å²) in [7, 11) is 0. The van der Waals surface area contributed by atoms with Crippen molar-refractivity contribution in [1.29, 1.82) is 0 Å². The monoisotopic (exact) mass is 365 g/mol. The van der Waals surface area contributed by atoms with E-state index in [1.54, 1.807) is 0 Å². The number of alkyl halides is 1. The highest BCUT2D eigenvalue weighted by molar-refractivity contribution is 9.10. The fraction of sp³-hybridized carbons (Fsp3) is 0.417. The summed E-state index contributed by atoms with van der Waals surface area (Å²) in [6.45, 7) is 1.96. The first-order valence-electron chi connectivity index (χ1n) is 5.36. The lowest BCUT2D eigenvalue weighted by atomic mass is 10.1. The van der Waals surface area contributed by atoms with Gasteiger partial charge < -0.3 is 5.32 Å². The van der Waals surface area contributed by atoms with Crippen molar-refractivity contribution < 1.29 is 9.18 Å². The highest BCUT2D eigenvalue weighted by atomic mass is 79.9. The summed E-state index contributed by atoms with van der Waals surface area (Å²) in [4.78, 5) is 11.8. The number of rotatable bonds is 5. The van der Waals surface area contributed by atoms with E-state index in [1.165, 1.54) is 18.2 Å². The molecule has 1 aromatic carbocycles. The van der Waals surface area contributed by atoms with Crippen LogP contribution in [0.2, 0.25) is 0 Å². The predicted molar refractivity (Wildman–Crippen MR) is 74.1 cm³/mol. The molecule has 0 aliphatic heterocycles. The molecule has 0 saturated carbocycles. The van der Waals surface area contributed by atoms with Gasteiger partial charge in [-0.2, -0.15) is 0 Å². The Labute approximate surface area is 117 Å². The Morgan fingerprint density at radius 3 is 2.82 bits per heavy atom. The molecule has 0 bridgehead atoms. The van der Waals surface area contributed by atoms with Gasteiger partial charge in [-0.05, 0) is 53.9 Å². The lowest BCUT2D eigenvalue weighted by molar-refractivity contribution is 0.0938. The SMILES string of the molecule is CC(CCCBr)NC(=O)c1ccc(F)c(Br)c1. The molecule has 2 nitrogen and oxygen atoms in total. The predicted octanol–water partition coefficient (Wildman–Crippen LogP) is 3.88. The van der Waals surface area contributed by atoms with Crippen LogP contribution in [-0.2, 0) is 0 Å². The molecule has 5 heteroatoms. The van der Waals surface area contributed by atoms with Crippen molar-refractivity contribution in [2.45, 2.75) is 25.8 Å². The lowest BCUT2D eigenvalue weighted by Crippen LogP contribution is -2.32. The van der Waals surface area contributed by atoms with Crippen molar-refractivity contribution in [2.24, 2.45) is 0 Å². The van der Waals surface area contributed by atoms with Gasteiger partial charge in [-0.3, -0.25) is 4.79 Å². The molecule has 0 heterocycles. The molecule has 17 heavy (non-hydrogen) atoms. The van der Waals surface area contributed by atoms with Gasteiger partial charge in [-0.25, -0.2) is 4.39 Å². The maximum atomic E-state index is 13.0. The van der Waals surface area contributed by atoms with E-state index in [0.29, 0.717) is 10.0 Å². The maximum Gasteiger partial charge on any atom is 0.251 e. The minimum Gasteiger partial charge on any atom is -0.350 e. The number of nitrogens with one attached hydrogen (secondary N) is 1. The topological polar surface area (TPSA) is 29.1 Å². The van der Waals surface area contributed by atoms with E-state index in [1.807, 2.05) is 6.92 Å². The van der Waals surface area contributed by atoms with E-state index in [9.17, 15) is 9.18 Å². The van der Waals surface area contributed by atoms with Crippen molar-refractivity contribution >= 4 is 37.8 Å². The average molecular weight is 367 g/mol. The lowest BCUT2D eigenvalue weighted by Gasteiger charge is -2.13. The fourth-order valence-electron chi connectivity index (χ4n) is 1.40. The number of halogens is 3. The first-order chi connectivity index (χ1) is 8.04. The molecule has 0 fully saturated rings. The molecule has 94 valence electrons. The smallest absolute Gasteiger partial charge is 0.251 e. The van der Waals surface area contributed by atoms with Crippen LogP contribution in [0.4, 0.5) is 4.39 Å². The summed E-state index contributed by atoms with van der Waals surface area (Å²) in [5, 5.41) is 3.80. The van der Waals surface area contributed by atoms with E-state index in [4.69, 9.17) is 0 Å². The van der Waals surface area contributed by atoms with E-state index in [-0.39, 0.29) is 17.8 Å². The van der Waals surface area contributed by atoms with Crippen molar-refractivity contribution in [3.8, 4) is 0 Å². The van der Waals surface area contributed by atoms with Gasteiger partial charge in [0.25, 0.3) is 5.91 Å². The first kappa shape index (κ1) is 14.6. The Balaban J connectivity index is 2.60. The second-order valence-corrected chi connectivity index (χ2v) is 5.48. The van der Waals surface area contributed by atoms with Crippen LogP contribution in [0, 0.1) is 5.82 Å². The molecule has 1 amide bonds. The molecule has 0 spiro atoms. The van der Waals surface area contributed by atoms with Crippen molar-refractivity contribution in [1.82, 2.24) is 5.32 Å². The summed E-state index contributed by atoms with van der Waals surface area (Å²) in [6.07, 6.45) is 1.92. The summed E-state index contributed by atoms with van der Waals surface area (Å²) in [5.74, 6) is -0.540. The molecule has 0 radical (unpaired) electrons. The number of hydrogen-bond donors (Lipinski definition) is 1. The normalized spacial score (nSPS) is 12.2. The molecule has 0 aliphatic rings. The average Bonchev–Trinajstić information content (AvgIpc) is 2.30. The molecule has 1 atom stereocenters. The van der Waals surface area contributed by atoms with Crippen molar-refractivity contribution in [3.05, 3.63) is 34.1 Å². The van der Waals surface area contributed by atoms with Gasteiger partial charge in [0, 0.05) is 16.9 Å². The van der Waals surface area contributed by atoms with Gasteiger partial charge in [-0.1, -0.05) is 15.9 Å². The van der Waals surface area contributed by atoms with Crippen LogP contribution >= 0.6 is 31.9 Å². The Kier molecular flexibility index (Phi) is 6.12. The Morgan fingerprint density at radius 2 is 2.24 bits per heavy atom. The zero-order chi connectivity index (χ0) is 12.8. The number of amides is 1. The van der Waals surface area contributed by atoms with Crippen LogP contribution in [0.15, 0.2) is 22.7 Å². The van der Waals surface area contributed by atoms with Crippen LogP contribution in [0.1, 0.15) is 30.1 Å². The molecule has 1 unspecified atom stereocenters. The third-order valence-electron chi connectivity index (χ3n) is 2.33. The first-order valence-corrected chi connectivity index (χ1v) is 7.28. The van der Waals surface area contributed by atoms with Gasteiger partial charge in [0.2, 0.25) is 0 Å². The Morgan fingerprint density at radius 1 is 1.53 bits per heavy atom. The van der Waals surface area contributed by atoms with E-state index in [0.717, 1.165) is 18.2 Å². The quantitative estimate of drug-likeness (QED) is 0.787. The Bertz CT molecular complexity index is 398. The minimum absolute atomic E-state index is 0.115. The van der Waals surface area contributed by atoms with E-state index < -0.39 is 0 Å². The molecule has 1 rings (SSSR count). The maximum absolute atomic E-state index is 13.0. The van der Waals surface area contributed by atoms with Crippen molar-refractivity contribution in [2.75, 3.05) is 5.33 Å². The van der Waals surface area contributed by atoms with Crippen LogP contribution in [-0.4, -0.2) is 17.3 Å².